The molecule has 0 radical (unpaired) electrons. The molecule has 0 spiro atoms. The predicted molar refractivity (Wildman–Crippen MR) is 150 cm³/mol. The van der Waals surface area contributed by atoms with Crippen molar-refractivity contribution in [2.24, 2.45) is 13.0 Å². The van der Waals surface area contributed by atoms with Gasteiger partial charge in [-0.15, -0.1) is 0 Å². The molecule has 3 aromatic rings. The number of hydrogen-bond acceptors (Lipinski definition) is 5. The number of aliphatic carboxylic acids is 1. The third-order valence-corrected chi connectivity index (χ3v) is 8.30. The number of aryl methyl sites for hydroxylation is 1. The number of para-hydroxylation sites is 1. The van der Waals surface area contributed by atoms with Crippen molar-refractivity contribution < 1.29 is 28.6 Å². The Morgan fingerprint density at radius 1 is 1.07 bits per heavy atom. The summed E-state index contributed by atoms with van der Waals surface area (Å²) >= 11 is 6.45. The van der Waals surface area contributed by atoms with Gasteiger partial charge in [0.2, 0.25) is 5.78 Å². The van der Waals surface area contributed by atoms with Gasteiger partial charge in [0.25, 0.3) is 5.91 Å². The van der Waals surface area contributed by atoms with E-state index in [9.17, 15) is 19.5 Å². The monoisotopic (exact) mass is 569 g/mol. The number of halogens is 2. The summed E-state index contributed by atoms with van der Waals surface area (Å²) < 4.78 is 23.7. The highest BCUT2D eigenvalue weighted by Gasteiger charge is 2.38. The van der Waals surface area contributed by atoms with Crippen molar-refractivity contribution in [2.45, 2.75) is 57.0 Å². The van der Waals surface area contributed by atoms with Gasteiger partial charge in [0.1, 0.15) is 0 Å². The van der Waals surface area contributed by atoms with Crippen molar-refractivity contribution >= 4 is 45.9 Å². The van der Waals surface area contributed by atoms with Gasteiger partial charge in [-0.2, -0.15) is 0 Å². The summed E-state index contributed by atoms with van der Waals surface area (Å²) in [4.78, 5) is 39.6. The van der Waals surface area contributed by atoms with Crippen LogP contribution in [0, 0.1) is 5.92 Å². The highest BCUT2D eigenvalue weighted by Crippen LogP contribution is 2.33. The summed E-state index contributed by atoms with van der Waals surface area (Å²) in [5, 5.41) is 13.0. The number of amides is 1. The van der Waals surface area contributed by atoms with Gasteiger partial charge in [-0.25, -0.2) is 4.39 Å². The van der Waals surface area contributed by atoms with E-state index in [0.717, 1.165) is 23.7 Å². The molecule has 10 heteroatoms. The van der Waals surface area contributed by atoms with Crippen LogP contribution in [0.1, 0.15) is 60.6 Å². The summed E-state index contributed by atoms with van der Waals surface area (Å²) in [5.74, 6) is -2.27. The summed E-state index contributed by atoms with van der Waals surface area (Å²) in [6.45, 7) is 1.26. The molecule has 1 aromatic heterocycles. The summed E-state index contributed by atoms with van der Waals surface area (Å²) in [6.07, 6.45) is 2.20. The first kappa shape index (κ1) is 28.3. The minimum absolute atomic E-state index is 0.0838. The number of alkyl halides is 1. The highest BCUT2D eigenvalue weighted by atomic mass is 35.5. The molecule has 2 N–H and O–H groups in total. The van der Waals surface area contributed by atoms with Crippen LogP contribution >= 0.6 is 11.6 Å². The number of aromatic nitrogens is 1. The number of hydrogen-bond donors (Lipinski definition) is 2. The van der Waals surface area contributed by atoms with Crippen LogP contribution in [-0.2, 0) is 21.4 Å². The molecule has 1 aliphatic heterocycles. The molecule has 8 nitrogen and oxygen atoms in total. The number of carboxylic acids is 1. The number of anilines is 1. The van der Waals surface area contributed by atoms with Gasteiger partial charge >= 0.3 is 5.97 Å². The van der Waals surface area contributed by atoms with E-state index in [0.29, 0.717) is 50.0 Å². The average Bonchev–Trinajstić information content (AvgIpc) is 3.61. The Bertz CT molecular complexity index is 1410. The second-order valence-electron chi connectivity index (χ2n) is 10.7. The highest BCUT2D eigenvalue weighted by molar-refractivity contribution is 6.34. The lowest BCUT2D eigenvalue weighted by molar-refractivity contribution is -0.161. The van der Waals surface area contributed by atoms with Gasteiger partial charge in [0, 0.05) is 37.2 Å². The Morgan fingerprint density at radius 3 is 2.45 bits per heavy atom. The zero-order valence-corrected chi connectivity index (χ0v) is 23.1. The Kier molecular flexibility index (Phi) is 8.54. The standard InChI is InChI=1S/C30H33ClFN3O5/c1-34-17-22(21-6-2-3-7-25(21)34)28(37)33-24-13-10-19(16-23(24)31)26(32)27(36)29(35-14-4-5-15-35)40-20-11-8-18(9-12-20)30(38)39/h2-3,6-7,10,13,16-18,20,26,29H,4-5,8-9,11-12,14-15H2,1H3,(H,33,37)(H,38,39). The first-order chi connectivity index (χ1) is 19.2. The van der Waals surface area contributed by atoms with E-state index >= 15 is 4.39 Å². The van der Waals surface area contributed by atoms with Crippen LogP contribution in [0.2, 0.25) is 5.02 Å². The number of carbonyl (C=O) groups excluding carboxylic acids is 2. The van der Waals surface area contributed by atoms with Crippen molar-refractivity contribution in [3.63, 3.8) is 0 Å². The quantitative estimate of drug-likeness (QED) is 0.340. The molecule has 1 amide bonds. The molecule has 1 saturated carbocycles. The number of ketones is 1. The molecule has 2 atom stereocenters. The van der Waals surface area contributed by atoms with Gasteiger partial charge in [0.05, 0.1) is 28.3 Å². The van der Waals surface area contributed by atoms with Crippen LogP contribution in [0.15, 0.2) is 48.7 Å². The minimum atomic E-state index is -1.97. The Balaban J connectivity index is 1.29. The number of ether oxygens (including phenoxy) is 1. The van der Waals surface area contributed by atoms with E-state index < -0.39 is 30.1 Å². The summed E-state index contributed by atoms with van der Waals surface area (Å²) in [7, 11) is 1.86. The lowest BCUT2D eigenvalue weighted by Gasteiger charge is -2.34. The van der Waals surface area contributed by atoms with E-state index in [1.807, 2.05) is 40.8 Å². The van der Waals surface area contributed by atoms with Crippen LogP contribution in [-0.4, -0.2) is 57.7 Å². The largest absolute Gasteiger partial charge is 0.481 e. The first-order valence-corrected chi connectivity index (χ1v) is 14.1. The number of carbonyl (C=O) groups is 3. The second kappa shape index (κ2) is 12.1. The molecule has 40 heavy (non-hydrogen) atoms. The maximum absolute atomic E-state index is 15.7. The second-order valence-corrected chi connectivity index (χ2v) is 11.1. The molecule has 1 aliphatic carbocycles. The Labute approximate surface area is 237 Å². The predicted octanol–water partition coefficient (Wildman–Crippen LogP) is 5.75. The number of benzene rings is 2. The molecule has 2 aliphatic rings. The third-order valence-electron chi connectivity index (χ3n) is 7.99. The van der Waals surface area contributed by atoms with E-state index in [1.165, 1.54) is 18.2 Å². The number of carboxylic acid groups (broad SMARTS) is 1. The maximum Gasteiger partial charge on any atom is 0.306 e. The van der Waals surface area contributed by atoms with E-state index in [1.54, 1.807) is 6.20 Å². The fourth-order valence-corrected chi connectivity index (χ4v) is 5.97. The molecular formula is C30H33ClFN3O5. The molecule has 0 bridgehead atoms. The number of fused-ring (bicyclic) bond motifs is 1. The van der Waals surface area contributed by atoms with Gasteiger partial charge in [0.15, 0.2) is 12.4 Å². The van der Waals surface area contributed by atoms with Crippen LogP contribution < -0.4 is 5.32 Å². The SMILES string of the molecule is Cn1cc(C(=O)Nc2ccc(C(F)C(=O)C(OC3CCC(C(=O)O)CC3)N3CCCC3)cc2Cl)c2ccccc21. The third kappa shape index (κ3) is 5.92. The topological polar surface area (TPSA) is 101 Å². The van der Waals surface area contributed by atoms with Crippen LogP contribution in [0.5, 0.6) is 0 Å². The number of Topliss-reactive ketones (excluding diaryl/α,β-unsaturated/α-hetero) is 1. The Hall–Kier alpha value is -3.27. The summed E-state index contributed by atoms with van der Waals surface area (Å²) in [5.41, 5.74) is 1.79. The fraction of sp³-hybridized carbons (Fsp3) is 0.433. The van der Waals surface area contributed by atoms with Gasteiger partial charge in [-0.3, -0.25) is 19.3 Å². The van der Waals surface area contributed by atoms with Crippen LogP contribution in [0.4, 0.5) is 10.1 Å². The van der Waals surface area contributed by atoms with Crippen LogP contribution in [0.3, 0.4) is 0 Å². The molecule has 1 saturated heterocycles. The molecule has 2 aromatic carbocycles. The van der Waals surface area contributed by atoms with Gasteiger partial charge in [-0.1, -0.05) is 35.9 Å². The van der Waals surface area contributed by atoms with Crippen molar-refractivity contribution in [2.75, 3.05) is 18.4 Å². The van der Waals surface area contributed by atoms with E-state index in [2.05, 4.69) is 5.32 Å². The maximum atomic E-state index is 15.7. The molecule has 2 unspecified atom stereocenters. The Morgan fingerprint density at radius 2 is 1.77 bits per heavy atom. The van der Waals surface area contributed by atoms with Crippen molar-refractivity contribution in [3.05, 3.63) is 64.8 Å². The molecular weight excluding hydrogens is 537 g/mol. The molecule has 2 heterocycles. The zero-order valence-electron chi connectivity index (χ0n) is 22.3. The number of nitrogens with zero attached hydrogens (tertiary/aromatic N) is 2. The van der Waals surface area contributed by atoms with E-state index in [4.69, 9.17) is 16.3 Å². The lowest BCUT2D eigenvalue weighted by atomic mass is 9.87. The van der Waals surface area contributed by atoms with Crippen molar-refractivity contribution in [1.29, 1.82) is 0 Å². The summed E-state index contributed by atoms with van der Waals surface area (Å²) in [6, 6.07) is 11.9. The molecule has 2 fully saturated rings. The lowest BCUT2D eigenvalue weighted by Crippen LogP contribution is -2.46. The fourth-order valence-electron chi connectivity index (χ4n) is 5.73. The minimum Gasteiger partial charge on any atom is -0.481 e. The number of nitrogens with one attached hydrogen (secondary N) is 1. The normalized spacial score (nSPS) is 21.3. The smallest absolute Gasteiger partial charge is 0.306 e. The van der Waals surface area contributed by atoms with Gasteiger partial charge in [-0.05, 0) is 62.3 Å². The average molecular weight is 570 g/mol. The van der Waals surface area contributed by atoms with Gasteiger partial charge < -0.3 is 19.7 Å². The van der Waals surface area contributed by atoms with Crippen LogP contribution in [0.25, 0.3) is 10.9 Å². The first-order valence-electron chi connectivity index (χ1n) is 13.7. The molecule has 5 rings (SSSR count). The molecule has 212 valence electrons. The number of rotatable bonds is 9. The van der Waals surface area contributed by atoms with Crippen molar-refractivity contribution in [3.8, 4) is 0 Å². The zero-order chi connectivity index (χ0) is 28.4. The van der Waals surface area contributed by atoms with Crippen molar-refractivity contribution in [1.82, 2.24) is 9.47 Å². The van der Waals surface area contributed by atoms with E-state index in [-0.39, 0.29) is 22.6 Å². The number of likely N-dealkylation sites (tertiary alicyclic amines) is 1.